The lowest BCUT2D eigenvalue weighted by atomic mass is 10.2. The fourth-order valence-electron chi connectivity index (χ4n) is 2.51. The van der Waals surface area contributed by atoms with Crippen LogP contribution in [0.15, 0.2) is 4.52 Å². The molecule has 2 aromatic heterocycles. The summed E-state index contributed by atoms with van der Waals surface area (Å²) in [4.78, 5) is 6.79. The zero-order valence-corrected chi connectivity index (χ0v) is 13.1. The molecule has 1 fully saturated rings. The van der Waals surface area contributed by atoms with E-state index in [0.29, 0.717) is 17.7 Å². The van der Waals surface area contributed by atoms with Crippen molar-refractivity contribution in [2.24, 2.45) is 0 Å². The average Bonchev–Trinajstić information content (AvgIpc) is 3.20. The predicted octanol–water partition coefficient (Wildman–Crippen LogP) is 2.22. The van der Waals surface area contributed by atoms with Crippen molar-refractivity contribution in [3.05, 3.63) is 16.7 Å². The van der Waals surface area contributed by atoms with Gasteiger partial charge in [-0.25, -0.2) is 0 Å². The van der Waals surface area contributed by atoms with Gasteiger partial charge in [-0.15, -0.1) is 10.2 Å². The first-order valence-corrected chi connectivity index (χ1v) is 8.13. The smallest absolute Gasteiger partial charge is 0.294 e. The van der Waals surface area contributed by atoms with Crippen LogP contribution in [-0.2, 0) is 13.0 Å². The second kappa shape index (κ2) is 6.48. The van der Waals surface area contributed by atoms with Crippen molar-refractivity contribution < 1.29 is 9.26 Å². The summed E-state index contributed by atoms with van der Waals surface area (Å²) in [6, 6.07) is 0.216. The van der Waals surface area contributed by atoms with Crippen LogP contribution in [0.25, 0.3) is 0 Å². The van der Waals surface area contributed by atoms with E-state index in [-0.39, 0.29) is 6.04 Å². The number of hydrogen-bond donors (Lipinski definition) is 0. The van der Waals surface area contributed by atoms with Gasteiger partial charge in [0.05, 0.1) is 19.2 Å². The lowest BCUT2D eigenvalue weighted by Crippen LogP contribution is -2.23. The minimum absolute atomic E-state index is 0.216. The van der Waals surface area contributed by atoms with Crippen LogP contribution in [0.1, 0.15) is 49.5 Å². The van der Waals surface area contributed by atoms with Gasteiger partial charge in [-0.2, -0.15) is 4.98 Å². The SMILES string of the molecule is CCOc1nnc(CN2CCCC2c2noc(CC)n2)s1. The summed E-state index contributed by atoms with van der Waals surface area (Å²) in [5, 5.41) is 13.9. The van der Waals surface area contributed by atoms with Gasteiger partial charge >= 0.3 is 0 Å². The molecule has 8 heteroatoms. The van der Waals surface area contributed by atoms with Gasteiger partial charge in [0.15, 0.2) is 5.82 Å². The summed E-state index contributed by atoms with van der Waals surface area (Å²) in [5.74, 6) is 1.49. The highest BCUT2D eigenvalue weighted by molar-refractivity contribution is 7.13. The van der Waals surface area contributed by atoms with Crippen molar-refractivity contribution in [1.82, 2.24) is 25.2 Å². The number of likely N-dealkylation sites (tertiary alicyclic amines) is 1. The Morgan fingerprint density at radius 3 is 3.05 bits per heavy atom. The van der Waals surface area contributed by atoms with Gasteiger partial charge in [0.1, 0.15) is 5.01 Å². The predicted molar refractivity (Wildman–Crippen MR) is 77.1 cm³/mol. The Morgan fingerprint density at radius 1 is 1.38 bits per heavy atom. The quantitative estimate of drug-likeness (QED) is 0.809. The molecule has 1 saturated heterocycles. The van der Waals surface area contributed by atoms with Crippen molar-refractivity contribution in [3.63, 3.8) is 0 Å². The molecule has 7 nitrogen and oxygen atoms in total. The van der Waals surface area contributed by atoms with Gasteiger partial charge in [-0.05, 0) is 26.3 Å². The molecule has 114 valence electrons. The molecule has 0 spiro atoms. The van der Waals surface area contributed by atoms with E-state index in [1.54, 1.807) is 0 Å². The molecule has 0 bridgehead atoms. The van der Waals surface area contributed by atoms with Crippen LogP contribution in [0.3, 0.4) is 0 Å². The number of hydrogen-bond acceptors (Lipinski definition) is 8. The Balaban J connectivity index is 1.68. The maximum atomic E-state index is 5.37. The van der Waals surface area contributed by atoms with Crippen LogP contribution in [0.4, 0.5) is 0 Å². The highest BCUT2D eigenvalue weighted by Gasteiger charge is 2.30. The summed E-state index contributed by atoms with van der Waals surface area (Å²) in [5.41, 5.74) is 0. The van der Waals surface area contributed by atoms with E-state index >= 15 is 0 Å². The third-order valence-electron chi connectivity index (χ3n) is 3.50. The van der Waals surface area contributed by atoms with E-state index in [1.807, 2.05) is 13.8 Å². The zero-order chi connectivity index (χ0) is 14.7. The van der Waals surface area contributed by atoms with Crippen LogP contribution in [0, 0.1) is 0 Å². The monoisotopic (exact) mass is 309 g/mol. The molecule has 0 aromatic carbocycles. The molecule has 1 atom stereocenters. The lowest BCUT2D eigenvalue weighted by Gasteiger charge is -2.19. The third-order valence-corrected chi connectivity index (χ3v) is 4.32. The third kappa shape index (κ3) is 3.21. The highest BCUT2D eigenvalue weighted by atomic mass is 32.1. The van der Waals surface area contributed by atoms with Crippen LogP contribution in [0.2, 0.25) is 0 Å². The Kier molecular flexibility index (Phi) is 4.45. The molecule has 21 heavy (non-hydrogen) atoms. The van der Waals surface area contributed by atoms with Crippen molar-refractivity contribution in [2.45, 2.75) is 45.7 Å². The first-order valence-electron chi connectivity index (χ1n) is 7.31. The van der Waals surface area contributed by atoms with E-state index in [0.717, 1.165) is 43.2 Å². The van der Waals surface area contributed by atoms with Gasteiger partial charge in [-0.3, -0.25) is 4.90 Å². The van der Waals surface area contributed by atoms with Crippen molar-refractivity contribution in [3.8, 4) is 5.19 Å². The van der Waals surface area contributed by atoms with Crippen LogP contribution >= 0.6 is 11.3 Å². The summed E-state index contributed by atoms with van der Waals surface area (Å²) in [7, 11) is 0. The number of ether oxygens (including phenoxy) is 1. The van der Waals surface area contributed by atoms with Crippen LogP contribution in [-0.4, -0.2) is 38.4 Å². The molecule has 3 rings (SSSR count). The number of aromatic nitrogens is 4. The molecule has 0 amide bonds. The molecule has 1 aliphatic heterocycles. The summed E-state index contributed by atoms with van der Waals surface area (Å²) in [6.45, 7) is 6.35. The van der Waals surface area contributed by atoms with Gasteiger partial charge in [0, 0.05) is 6.42 Å². The minimum Gasteiger partial charge on any atom is -0.469 e. The molecule has 1 aliphatic rings. The van der Waals surface area contributed by atoms with Crippen LogP contribution in [0.5, 0.6) is 5.19 Å². The number of aryl methyl sites for hydroxylation is 1. The van der Waals surface area contributed by atoms with Gasteiger partial charge in [-0.1, -0.05) is 23.4 Å². The van der Waals surface area contributed by atoms with E-state index in [9.17, 15) is 0 Å². The second-order valence-corrected chi connectivity index (χ2v) is 5.95. The van der Waals surface area contributed by atoms with Crippen molar-refractivity contribution in [2.75, 3.05) is 13.2 Å². The average molecular weight is 309 g/mol. The fraction of sp³-hybridized carbons (Fsp3) is 0.692. The van der Waals surface area contributed by atoms with Crippen molar-refractivity contribution in [1.29, 1.82) is 0 Å². The largest absolute Gasteiger partial charge is 0.469 e. The topological polar surface area (TPSA) is 77.2 Å². The standard InChI is InChI=1S/C13H19N5O2S/c1-3-10-14-12(17-20-10)9-6-5-7-18(9)8-11-15-16-13(21-11)19-4-2/h9H,3-8H2,1-2H3. The van der Waals surface area contributed by atoms with E-state index in [2.05, 4.69) is 25.2 Å². The van der Waals surface area contributed by atoms with Gasteiger partial charge < -0.3 is 9.26 Å². The van der Waals surface area contributed by atoms with Gasteiger partial charge in [0.25, 0.3) is 5.19 Å². The zero-order valence-electron chi connectivity index (χ0n) is 12.3. The molecule has 0 aliphatic carbocycles. The first kappa shape index (κ1) is 14.4. The Hall–Kier alpha value is -1.54. The molecule has 0 radical (unpaired) electrons. The lowest BCUT2D eigenvalue weighted by molar-refractivity contribution is 0.233. The highest BCUT2D eigenvalue weighted by Crippen LogP contribution is 2.32. The van der Waals surface area contributed by atoms with Gasteiger partial charge in [0.2, 0.25) is 5.89 Å². The Bertz CT molecular complexity index is 585. The molecular formula is C13H19N5O2S. The van der Waals surface area contributed by atoms with E-state index in [4.69, 9.17) is 9.26 Å². The Morgan fingerprint density at radius 2 is 2.29 bits per heavy atom. The summed E-state index contributed by atoms with van der Waals surface area (Å²) in [6.07, 6.45) is 2.96. The maximum Gasteiger partial charge on any atom is 0.294 e. The van der Waals surface area contributed by atoms with E-state index in [1.165, 1.54) is 11.3 Å². The Labute approximate surface area is 127 Å². The maximum absolute atomic E-state index is 5.37. The number of rotatable bonds is 6. The molecule has 0 saturated carbocycles. The molecule has 0 N–H and O–H groups in total. The molecule has 2 aromatic rings. The summed E-state index contributed by atoms with van der Waals surface area (Å²) >= 11 is 1.50. The fourth-order valence-corrected chi connectivity index (χ4v) is 3.28. The van der Waals surface area contributed by atoms with Crippen molar-refractivity contribution >= 4 is 11.3 Å². The van der Waals surface area contributed by atoms with E-state index < -0.39 is 0 Å². The first-order chi connectivity index (χ1) is 10.3. The van der Waals surface area contributed by atoms with Crippen LogP contribution < -0.4 is 4.74 Å². The molecule has 1 unspecified atom stereocenters. The molecular weight excluding hydrogens is 290 g/mol. The minimum atomic E-state index is 0.216. The molecule has 3 heterocycles. The second-order valence-electron chi connectivity index (χ2n) is 4.92. The summed E-state index contributed by atoms with van der Waals surface area (Å²) < 4.78 is 10.6. The number of nitrogens with zero attached hydrogens (tertiary/aromatic N) is 5. The normalized spacial score (nSPS) is 19.2.